The van der Waals surface area contributed by atoms with Gasteiger partial charge in [-0.3, -0.25) is 4.79 Å². The summed E-state index contributed by atoms with van der Waals surface area (Å²) >= 11 is 0. The van der Waals surface area contributed by atoms with E-state index in [9.17, 15) is 23.1 Å². The molecule has 32 heavy (non-hydrogen) atoms. The van der Waals surface area contributed by atoms with E-state index in [0.717, 1.165) is 10.8 Å². The summed E-state index contributed by atoms with van der Waals surface area (Å²) in [5.74, 6) is -1.68. The largest absolute Gasteiger partial charge is 0.507 e. The molecule has 0 saturated carbocycles. The van der Waals surface area contributed by atoms with Gasteiger partial charge in [0.05, 0.1) is 4.90 Å². The molecular weight excluding hydrogens is 432 g/mol. The molecule has 168 valence electrons. The van der Waals surface area contributed by atoms with Gasteiger partial charge in [-0.25, -0.2) is 17.9 Å². The number of benzene rings is 3. The molecule has 1 unspecified atom stereocenters. The molecule has 3 rings (SSSR count). The lowest BCUT2D eigenvalue weighted by Crippen LogP contribution is -2.30. The summed E-state index contributed by atoms with van der Waals surface area (Å²) in [6.45, 7) is 4.83. The Morgan fingerprint density at radius 2 is 1.53 bits per heavy atom. The van der Waals surface area contributed by atoms with Gasteiger partial charge in [-0.1, -0.05) is 24.3 Å². The summed E-state index contributed by atoms with van der Waals surface area (Å²) in [7, 11) is -3.64. The van der Waals surface area contributed by atoms with Crippen LogP contribution in [0.3, 0.4) is 0 Å². The van der Waals surface area contributed by atoms with Crippen LogP contribution in [0.25, 0.3) is 10.8 Å². The van der Waals surface area contributed by atoms with Gasteiger partial charge in [0.2, 0.25) is 10.0 Å². The molecule has 0 radical (unpaired) electrons. The highest BCUT2D eigenvalue weighted by Crippen LogP contribution is 2.26. The Morgan fingerprint density at radius 1 is 0.938 bits per heavy atom. The first-order valence-electron chi connectivity index (χ1n) is 9.93. The van der Waals surface area contributed by atoms with Crippen molar-refractivity contribution < 1.29 is 27.9 Å². The fourth-order valence-corrected chi connectivity index (χ4v) is 4.26. The molecule has 0 aliphatic rings. The number of ether oxygens (including phenoxy) is 1. The number of esters is 1. The van der Waals surface area contributed by atoms with Crippen LogP contribution >= 0.6 is 0 Å². The number of rotatable bonds is 7. The summed E-state index contributed by atoms with van der Waals surface area (Å²) < 4.78 is 32.0. The average molecular weight is 457 g/mol. The number of sulfonamides is 1. The Morgan fingerprint density at radius 3 is 2.12 bits per heavy atom. The lowest BCUT2D eigenvalue weighted by atomic mass is 10.1. The molecule has 1 amide bonds. The van der Waals surface area contributed by atoms with E-state index in [-0.39, 0.29) is 22.3 Å². The number of aromatic hydroxyl groups is 1. The molecule has 0 aliphatic carbocycles. The van der Waals surface area contributed by atoms with Gasteiger partial charge in [0.15, 0.2) is 6.10 Å². The number of carbonyl (C=O) groups excluding carboxylic acids is 2. The van der Waals surface area contributed by atoms with Crippen molar-refractivity contribution in [3.8, 4) is 5.75 Å². The number of phenols is 1. The number of fused-ring (bicyclic) bond motifs is 1. The summed E-state index contributed by atoms with van der Waals surface area (Å²) in [6, 6.07) is 15.5. The lowest BCUT2D eigenvalue weighted by Gasteiger charge is -2.15. The van der Waals surface area contributed by atoms with Gasteiger partial charge in [-0.2, -0.15) is 0 Å². The minimum atomic E-state index is -3.64. The first-order chi connectivity index (χ1) is 15.1. The van der Waals surface area contributed by atoms with Gasteiger partial charge in [0, 0.05) is 11.7 Å². The normalized spacial score (nSPS) is 12.5. The SMILES string of the molecule is CC(C)NS(=O)(=O)c1ccc(NC(=O)C(C)OC(=O)c2cc3ccccc3cc2O)cc1. The molecular formula is C23H24N2O6S. The average Bonchev–Trinajstić information content (AvgIpc) is 2.72. The van der Waals surface area contributed by atoms with Crippen LogP contribution in [0.15, 0.2) is 65.6 Å². The highest BCUT2D eigenvalue weighted by molar-refractivity contribution is 7.89. The lowest BCUT2D eigenvalue weighted by molar-refractivity contribution is -0.123. The van der Waals surface area contributed by atoms with Gasteiger partial charge in [-0.15, -0.1) is 0 Å². The number of hydrogen-bond acceptors (Lipinski definition) is 6. The maximum atomic E-state index is 12.5. The Kier molecular flexibility index (Phi) is 6.81. The number of phenolic OH excluding ortho intramolecular Hbond substituents is 1. The number of hydrogen-bond donors (Lipinski definition) is 3. The molecule has 0 bridgehead atoms. The van der Waals surface area contributed by atoms with Crippen LogP contribution in [0.2, 0.25) is 0 Å². The van der Waals surface area contributed by atoms with Gasteiger partial charge in [-0.05, 0) is 67.9 Å². The second kappa shape index (κ2) is 9.37. The van der Waals surface area contributed by atoms with Gasteiger partial charge < -0.3 is 15.2 Å². The van der Waals surface area contributed by atoms with Crippen LogP contribution in [-0.2, 0) is 19.6 Å². The Balaban J connectivity index is 1.66. The predicted molar refractivity (Wildman–Crippen MR) is 121 cm³/mol. The number of anilines is 1. The summed E-state index contributed by atoms with van der Waals surface area (Å²) in [4.78, 5) is 25.0. The molecule has 0 aromatic heterocycles. The molecule has 0 saturated heterocycles. The fourth-order valence-electron chi connectivity index (χ4n) is 3.01. The van der Waals surface area contributed by atoms with E-state index in [1.54, 1.807) is 32.0 Å². The zero-order valence-electron chi connectivity index (χ0n) is 17.8. The van der Waals surface area contributed by atoms with Crippen LogP contribution in [-0.4, -0.2) is 37.5 Å². The fraction of sp³-hybridized carbons (Fsp3) is 0.217. The summed E-state index contributed by atoms with van der Waals surface area (Å²) in [5, 5.41) is 14.2. The van der Waals surface area contributed by atoms with E-state index in [1.807, 2.05) is 6.07 Å². The van der Waals surface area contributed by atoms with E-state index in [4.69, 9.17) is 4.74 Å². The Hall–Kier alpha value is -3.43. The third kappa shape index (κ3) is 5.43. The van der Waals surface area contributed by atoms with Crippen molar-refractivity contribution in [2.45, 2.75) is 37.8 Å². The second-order valence-corrected chi connectivity index (χ2v) is 9.27. The van der Waals surface area contributed by atoms with Crippen LogP contribution in [0.5, 0.6) is 5.75 Å². The second-order valence-electron chi connectivity index (χ2n) is 7.55. The van der Waals surface area contributed by atoms with E-state index in [0.29, 0.717) is 5.69 Å². The molecule has 0 spiro atoms. The van der Waals surface area contributed by atoms with Crippen molar-refractivity contribution in [3.63, 3.8) is 0 Å². The Bertz CT molecular complexity index is 1250. The predicted octanol–water partition coefficient (Wildman–Crippen LogP) is 3.42. The van der Waals surface area contributed by atoms with Crippen LogP contribution in [0.1, 0.15) is 31.1 Å². The first-order valence-corrected chi connectivity index (χ1v) is 11.4. The molecule has 8 nitrogen and oxygen atoms in total. The van der Waals surface area contributed by atoms with Crippen LogP contribution in [0.4, 0.5) is 5.69 Å². The molecule has 3 aromatic rings. The van der Waals surface area contributed by atoms with E-state index in [2.05, 4.69) is 10.0 Å². The third-order valence-corrected chi connectivity index (χ3v) is 6.23. The van der Waals surface area contributed by atoms with Crippen molar-refractivity contribution in [3.05, 3.63) is 66.2 Å². The standard InChI is InChI=1S/C23H24N2O6S/c1-14(2)25-32(29,30)19-10-8-18(9-11-19)24-22(27)15(3)31-23(28)20-12-16-6-4-5-7-17(16)13-21(20)26/h4-15,25-26H,1-3H3,(H,24,27). The summed E-state index contributed by atoms with van der Waals surface area (Å²) in [5.41, 5.74) is 0.297. The van der Waals surface area contributed by atoms with Crippen molar-refractivity contribution in [2.75, 3.05) is 5.32 Å². The van der Waals surface area contributed by atoms with Crippen LogP contribution in [0, 0.1) is 0 Å². The van der Waals surface area contributed by atoms with E-state index >= 15 is 0 Å². The first kappa shape index (κ1) is 23.2. The third-order valence-electron chi connectivity index (χ3n) is 4.56. The van der Waals surface area contributed by atoms with E-state index in [1.165, 1.54) is 43.3 Å². The van der Waals surface area contributed by atoms with Crippen molar-refractivity contribution in [1.82, 2.24) is 4.72 Å². The summed E-state index contributed by atoms with van der Waals surface area (Å²) in [6.07, 6.45) is -1.15. The zero-order valence-corrected chi connectivity index (χ0v) is 18.6. The quantitative estimate of drug-likeness (QED) is 0.469. The van der Waals surface area contributed by atoms with Crippen molar-refractivity contribution in [2.24, 2.45) is 0 Å². The molecule has 0 heterocycles. The zero-order chi connectivity index (χ0) is 23.5. The highest BCUT2D eigenvalue weighted by Gasteiger charge is 2.22. The van der Waals surface area contributed by atoms with Gasteiger partial charge >= 0.3 is 5.97 Å². The molecule has 3 N–H and O–H groups in total. The molecule has 3 aromatic carbocycles. The molecule has 1 atom stereocenters. The van der Waals surface area contributed by atoms with Crippen LogP contribution < -0.4 is 10.0 Å². The van der Waals surface area contributed by atoms with Crippen molar-refractivity contribution in [1.29, 1.82) is 0 Å². The maximum absolute atomic E-state index is 12.5. The highest BCUT2D eigenvalue weighted by atomic mass is 32.2. The van der Waals surface area contributed by atoms with Crippen molar-refractivity contribution >= 4 is 38.4 Å². The van der Waals surface area contributed by atoms with Gasteiger partial charge in [0.1, 0.15) is 11.3 Å². The number of carbonyl (C=O) groups is 2. The smallest absolute Gasteiger partial charge is 0.342 e. The van der Waals surface area contributed by atoms with Gasteiger partial charge in [0.25, 0.3) is 5.91 Å². The number of nitrogens with one attached hydrogen (secondary N) is 2. The van der Waals surface area contributed by atoms with E-state index < -0.39 is 28.0 Å². The monoisotopic (exact) mass is 456 g/mol. The molecule has 0 aliphatic heterocycles. The topological polar surface area (TPSA) is 122 Å². The minimum Gasteiger partial charge on any atom is -0.507 e. The molecule has 0 fully saturated rings. The Labute approximate surface area is 186 Å². The minimum absolute atomic E-state index is 0.0458. The molecule has 9 heteroatoms. The number of amides is 1. The maximum Gasteiger partial charge on any atom is 0.342 e.